The minimum atomic E-state index is -0.840. The van der Waals surface area contributed by atoms with Crippen molar-refractivity contribution >= 4 is 17.4 Å². The number of ether oxygens (including phenoxy) is 1. The Morgan fingerprint density at radius 2 is 1.70 bits per heavy atom. The van der Waals surface area contributed by atoms with Gasteiger partial charge in [-0.3, -0.25) is 9.59 Å². The number of benzene rings is 3. The highest BCUT2D eigenvalue weighted by Gasteiger charge is 2.46. The maximum atomic E-state index is 13.1. The number of likely N-dealkylation sites (tertiary alicyclic amines) is 1. The average Bonchev–Trinajstić information content (AvgIpc) is 3.08. The molecule has 3 aromatic carbocycles. The zero-order chi connectivity index (χ0) is 23.4. The summed E-state index contributed by atoms with van der Waals surface area (Å²) in [7, 11) is 0. The Labute approximate surface area is 192 Å². The predicted octanol–water partition coefficient (Wildman–Crippen LogP) is 4.80. The minimum absolute atomic E-state index is 0.00947. The van der Waals surface area contributed by atoms with Crippen molar-refractivity contribution in [2.24, 2.45) is 0 Å². The minimum Gasteiger partial charge on any atom is -0.508 e. The summed E-state index contributed by atoms with van der Waals surface area (Å²) in [6.45, 7) is 2.77. The number of aromatic hydroxyl groups is 1. The van der Waals surface area contributed by atoms with Crippen LogP contribution in [0.4, 0.5) is 0 Å². The number of hydrogen-bond donors (Lipinski definition) is 2. The van der Waals surface area contributed by atoms with Crippen LogP contribution in [0.5, 0.6) is 11.5 Å². The molecule has 33 heavy (non-hydrogen) atoms. The maximum Gasteiger partial charge on any atom is 0.295 e. The van der Waals surface area contributed by atoms with Crippen molar-refractivity contribution < 1.29 is 24.5 Å². The van der Waals surface area contributed by atoms with Gasteiger partial charge in [0, 0.05) is 12.1 Å². The number of phenolic OH excluding ortho intramolecular Hbond substituents is 1. The number of rotatable bonds is 7. The normalized spacial score (nSPS) is 17.4. The van der Waals surface area contributed by atoms with Crippen LogP contribution in [0.1, 0.15) is 36.1 Å². The van der Waals surface area contributed by atoms with E-state index in [1.54, 1.807) is 36.4 Å². The van der Waals surface area contributed by atoms with Gasteiger partial charge < -0.3 is 19.8 Å². The summed E-state index contributed by atoms with van der Waals surface area (Å²) in [4.78, 5) is 27.6. The van der Waals surface area contributed by atoms with E-state index in [9.17, 15) is 19.8 Å². The SMILES string of the molecule is CCCOc1ccc(C(O)=C2C(=O)C(=O)N(Cc3ccccc3)C2c2cccc(O)c2)cc1. The molecule has 0 bridgehead atoms. The molecule has 1 aliphatic heterocycles. The number of aliphatic hydroxyl groups excluding tert-OH is 1. The highest BCUT2D eigenvalue weighted by molar-refractivity contribution is 6.46. The molecule has 1 fully saturated rings. The number of Topliss-reactive ketones (excluding diaryl/α,β-unsaturated/α-hetero) is 1. The Hall–Kier alpha value is -4.06. The van der Waals surface area contributed by atoms with E-state index < -0.39 is 17.7 Å². The molecule has 1 heterocycles. The first kappa shape index (κ1) is 22.1. The van der Waals surface area contributed by atoms with E-state index in [2.05, 4.69) is 0 Å². The molecule has 0 spiro atoms. The third-order valence-electron chi connectivity index (χ3n) is 5.52. The topological polar surface area (TPSA) is 87.1 Å². The third-order valence-corrected chi connectivity index (χ3v) is 5.52. The Morgan fingerprint density at radius 1 is 0.970 bits per heavy atom. The van der Waals surface area contributed by atoms with Crippen molar-refractivity contribution in [2.45, 2.75) is 25.9 Å². The van der Waals surface area contributed by atoms with Crippen molar-refractivity contribution in [3.63, 3.8) is 0 Å². The first-order valence-electron chi connectivity index (χ1n) is 10.8. The van der Waals surface area contributed by atoms with Crippen molar-refractivity contribution in [1.82, 2.24) is 4.90 Å². The summed E-state index contributed by atoms with van der Waals surface area (Å²) in [6, 6.07) is 21.6. The molecule has 1 saturated heterocycles. The second kappa shape index (κ2) is 9.61. The summed E-state index contributed by atoms with van der Waals surface area (Å²) >= 11 is 0. The predicted molar refractivity (Wildman–Crippen MR) is 125 cm³/mol. The molecular formula is C27H25NO5. The maximum absolute atomic E-state index is 13.1. The van der Waals surface area contributed by atoms with E-state index >= 15 is 0 Å². The lowest BCUT2D eigenvalue weighted by Crippen LogP contribution is -2.29. The van der Waals surface area contributed by atoms with E-state index in [0.29, 0.717) is 23.5 Å². The van der Waals surface area contributed by atoms with Crippen LogP contribution in [0.25, 0.3) is 5.76 Å². The summed E-state index contributed by atoms with van der Waals surface area (Å²) in [5, 5.41) is 21.2. The first-order chi connectivity index (χ1) is 16.0. The molecule has 2 N–H and O–H groups in total. The highest BCUT2D eigenvalue weighted by Crippen LogP contribution is 2.41. The lowest BCUT2D eigenvalue weighted by molar-refractivity contribution is -0.140. The lowest BCUT2D eigenvalue weighted by atomic mass is 9.95. The molecule has 1 amide bonds. The number of ketones is 1. The lowest BCUT2D eigenvalue weighted by Gasteiger charge is -2.25. The molecular weight excluding hydrogens is 418 g/mol. The van der Waals surface area contributed by atoms with Gasteiger partial charge in [0.15, 0.2) is 0 Å². The van der Waals surface area contributed by atoms with E-state index in [1.165, 1.54) is 17.0 Å². The average molecular weight is 443 g/mol. The zero-order valence-electron chi connectivity index (χ0n) is 18.3. The number of amides is 1. The summed E-state index contributed by atoms with van der Waals surface area (Å²) < 4.78 is 5.59. The van der Waals surface area contributed by atoms with E-state index in [-0.39, 0.29) is 23.6 Å². The first-order valence-corrected chi connectivity index (χ1v) is 10.8. The van der Waals surface area contributed by atoms with Gasteiger partial charge in [0.2, 0.25) is 0 Å². The van der Waals surface area contributed by atoms with Crippen LogP contribution in [0, 0.1) is 0 Å². The molecule has 3 aromatic rings. The Morgan fingerprint density at radius 3 is 2.36 bits per heavy atom. The summed E-state index contributed by atoms with van der Waals surface area (Å²) in [6.07, 6.45) is 0.872. The van der Waals surface area contributed by atoms with Gasteiger partial charge in [-0.05, 0) is 53.9 Å². The smallest absolute Gasteiger partial charge is 0.295 e. The second-order valence-electron chi connectivity index (χ2n) is 7.88. The Bertz CT molecular complexity index is 1180. The Balaban J connectivity index is 1.79. The van der Waals surface area contributed by atoms with Gasteiger partial charge in [-0.25, -0.2) is 0 Å². The van der Waals surface area contributed by atoms with Gasteiger partial charge in [-0.15, -0.1) is 0 Å². The van der Waals surface area contributed by atoms with Gasteiger partial charge in [-0.2, -0.15) is 0 Å². The zero-order valence-corrected chi connectivity index (χ0v) is 18.3. The molecule has 0 saturated carbocycles. The number of hydrogen-bond acceptors (Lipinski definition) is 5. The van der Waals surface area contributed by atoms with Gasteiger partial charge in [0.1, 0.15) is 17.3 Å². The largest absolute Gasteiger partial charge is 0.508 e. The van der Waals surface area contributed by atoms with Crippen molar-refractivity contribution in [2.75, 3.05) is 6.61 Å². The Kier molecular flexibility index (Phi) is 6.45. The molecule has 1 unspecified atom stereocenters. The summed E-state index contributed by atoms with van der Waals surface area (Å²) in [5.74, 6) is -1.06. The monoisotopic (exact) mass is 443 g/mol. The van der Waals surface area contributed by atoms with Crippen molar-refractivity contribution in [3.8, 4) is 11.5 Å². The molecule has 1 aliphatic rings. The van der Waals surface area contributed by atoms with E-state index in [0.717, 1.165) is 12.0 Å². The van der Waals surface area contributed by atoms with Gasteiger partial charge in [0.05, 0.1) is 18.2 Å². The van der Waals surface area contributed by atoms with Crippen LogP contribution in [0.3, 0.4) is 0 Å². The van der Waals surface area contributed by atoms with E-state index in [4.69, 9.17) is 4.74 Å². The molecule has 1 atom stereocenters. The number of aliphatic hydroxyl groups is 1. The van der Waals surface area contributed by atoms with Gasteiger partial charge in [-0.1, -0.05) is 49.4 Å². The molecule has 0 aromatic heterocycles. The molecule has 0 radical (unpaired) electrons. The fourth-order valence-electron chi connectivity index (χ4n) is 3.95. The molecule has 4 rings (SSSR count). The third kappa shape index (κ3) is 4.60. The molecule has 6 nitrogen and oxygen atoms in total. The van der Waals surface area contributed by atoms with Crippen molar-refractivity contribution in [1.29, 1.82) is 0 Å². The fourth-order valence-corrected chi connectivity index (χ4v) is 3.95. The van der Waals surface area contributed by atoms with Crippen LogP contribution in [-0.4, -0.2) is 33.4 Å². The quantitative estimate of drug-likeness (QED) is 0.311. The van der Waals surface area contributed by atoms with Crippen molar-refractivity contribution in [3.05, 3.63) is 101 Å². The molecule has 0 aliphatic carbocycles. The van der Waals surface area contributed by atoms with Crippen LogP contribution < -0.4 is 4.74 Å². The molecule has 6 heteroatoms. The van der Waals surface area contributed by atoms with Gasteiger partial charge >= 0.3 is 0 Å². The molecule has 168 valence electrons. The van der Waals surface area contributed by atoms with Crippen LogP contribution in [-0.2, 0) is 16.1 Å². The number of carbonyl (C=O) groups excluding carboxylic acids is 2. The number of nitrogens with zero attached hydrogens (tertiary/aromatic N) is 1. The standard InChI is InChI=1S/C27H25NO5/c1-2-15-33-22-13-11-19(12-14-22)25(30)23-24(20-9-6-10-21(29)16-20)28(27(32)26(23)31)17-18-7-4-3-5-8-18/h3-14,16,24,29-30H,2,15,17H2,1H3. The van der Waals surface area contributed by atoms with Crippen LogP contribution >= 0.6 is 0 Å². The fraction of sp³-hybridized carbons (Fsp3) is 0.185. The van der Waals surface area contributed by atoms with Crippen LogP contribution in [0.2, 0.25) is 0 Å². The number of phenols is 1. The van der Waals surface area contributed by atoms with Gasteiger partial charge in [0.25, 0.3) is 11.7 Å². The van der Waals surface area contributed by atoms with E-state index in [1.807, 2.05) is 37.3 Å². The number of carbonyl (C=O) groups is 2. The highest BCUT2D eigenvalue weighted by atomic mass is 16.5. The van der Waals surface area contributed by atoms with Crippen LogP contribution in [0.15, 0.2) is 84.4 Å². The second-order valence-corrected chi connectivity index (χ2v) is 7.88. The summed E-state index contributed by atoms with van der Waals surface area (Å²) in [5.41, 5.74) is 1.78.